The summed E-state index contributed by atoms with van der Waals surface area (Å²) in [5.74, 6) is -1.28. The van der Waals surface area contributed by atoms with Crippen molar-refractivity contribution in [3.63, 3.8) is 0 Å². The molecule has 0 bridgehead atoms. The van der Waals surface area contributed by atoms with E-state index in [4.69, 9.17) is 0 Å². The van der Waals surface area contributed by atoms with E-state index in [9.17, 15) is 9.90 Å². The van der Waals surface area contributed by atoms with Gasteiger partial charge in [-0.2, -0.15) is 0 Å². The van der Waals surface area contributed by atoms with Gasteiger partial charge in [0.1, 0.15) is 0 Å². The van der Waals surface area contributed by atoms with E-state index >= 15 is 0 Å². The Kier molecular flexibility index (Phi) is 4.83. The van der Waals surface area contributed by atoms with Crippen LogP contribution < -0.4 is 34.7 Å². The smallest absolute Gasteiger partial charge is 0.550 e. The molecule has 1 aromatic rings. The summed E-state index contributed by atoms with van der Waals surface area (Å²) in [4.78, 5) is 14.9. The average molecular weight is 216 g/mol. The van der Waals surface area contributed by atoms with Crippen LogP contribution in [0.5, 0.6) is 0 Å². The number of nitrogens with zero attached hydrogens (tertiary/aromatic N) is 2. The van der Waals surface area contributed by atoms with Crippen LogP contribution in [0.4, 0.5) is 0 Å². The number of aliphatic carboxylic acids is 1. The molecule has 1 aliphatic carbocycles. The normalized spacial score (nSPS) is 25.6. The SMILES string of the molecule is O=C([O-])[C@@H]1CCCC[C@@H]1n1ccnc1.[Na+]. The topological polar surface area (TPSA) is 57.9 Å². The zero-order valence-corrected chi connectivity index (χ0v) is 10.9. The molecule has 5 heteroatoms. The van der Waals surface area contributed by atoms with E-state index in [1.54, 1.807) is 12.5 Å². The first-order chi connectivity index (χ1) is 6.79. The Morgan fingerprint density at radius 1 is 1.40 bits per heavy atom. The molecular weight excluding hydrogens is 203 g/mol. The number of carboxylic acids is 1. The fourth-order valence-electron chi connectivity index (χ4n) is 2.21. The number of carbonyl (C=O) groups excluding carboxylic acids is 1. The maximum Gasteiger partial charge on any atom is 1.00 e. The molecule has 1 heterocycles. The summed E-state index contributed by atoms with van der Waals surface area (Å²) in [7, 11) is 0. The summed E-state index contributed by atoms with van der Waals surface area (Å²) in [5, 5.41) is 10.9. The Morgan fingerprint density at radius 3 is 2.73 bits per heavy atom. The van der Waals surface area contributed by atoms with Gasteiger partial charge in [0.15, 0.2) is 0 Å². The van der Waals surface area contributed by atoms with Crippen LogP contribution >= 0.6 is 0 Å². The minimum Gasteiger partial charge on any atom is -0.550 e. The van der Waals surface area contributed by atoms with Crippen molar-refractivity contribution >= 4 is 5.97 Å². The second-order valence-corrected chi connectivity index (χ2v) is 3.79. The van der Waals surface area contributed by atoms with Crippen molar-refractivity contribution in [2.75, 3.05) is 0 Å². The number of rotatable bonds is 2. The number of hydrogen-bond acceptors (Lipinski definition) is 3. The Hall–Kier alpha value is -0.320. The Bertz CT molecular complexity index is 313. The predicted octanol–water partition coefficient (Wildman–Crippen LogP) is -2.63. The van der Waals surface area contributed by atoms with Gasteiger partial charge in [-0.1, -0.05) is 12.8 Å². The fourth-order valence-corrected chi connectivity index (χ4v) is 2.21. The second-order valence-electron chi connectivity index (χ2n) is 3.79. The van der Waals surface area contributed by atoms with Gasteiger partial charge < -0.3 is 14.5 Å². The van der Waals surface area contributed by atoms with Gasteiger partial charge in [0.05, 0.1) is 6.33 Å². The van der Waals surface area contributed by atoms with Crippen molar-refractivity contribution in [1.29, 1.82) is 0 Å². The van der Waals surface area contributed by atoms with E-state index in [2.05, 4.69) is 4.98 Å². The van der Waals surface area contributed by atoms with Crippen LogP contribution in [0, 0.1) is 5.92 Å². The quantitative estimate of drug-likeness (QED) is 0.508. The largest absolute Gasteiger partial charge is 1.00 e. The summed E-state index contributed by atoms with van der Waals surface area (Å²) >= 11 is 0. The second kappa shape index (κ2) is 5.68. The number of carbonyl (C=O) groups is 1. The van der Waals surface area contributed by atoms with Gasteiger partial charge in [0.25, 0.3) is 0 Å². The molecule has 0 aromatic carbocycles. The molecule has 15 heavy (non-hydrogen) atoms. The first kappa shape index (κ1) is 12.7. The molecular formula is C10H13N2NaO2. The molecule has 0 aliphatic heterocycles. The van der Waals surface area contributed by atoms with Crippen LogP contribution in [-0.4, -0.2) is 15.5 Å². The van der Waals surface area contributed by atoms with E-state index in [1.807, 2.05) is 10.8 Å². The molecule has 2 rings (SSSR count). The summed E-state index contributed by atoms with van der Waals surface area (Å²) < 4.78 is 1.89. The molecule has 0 N–H and O–H groups in total. The van der Waals surface area contributed by atoms with Crippen molar-refractivity contribution in [2.24, 2.45) is 5.92 Å². The predicted molar refractivity (Wildman–Crippen MR) is 48.2 cm³/mol. The molecule has 0 unspecified atom stereocenters. The number of imidazole rings is 1. The molecule has 1 aromatic heterocycles. The monoisotopic (exact) mass is 216 g/mol. The van der Waals surface area contributed by atoms with Crippen molar-refractivity contribution in [1.82, 2.24) is 9.55 Å². The van der Waals surface area contributed by atoms with Crippen molar-refractivity contribution in [3.05, 3.63) is 18.7 Å². The van der Waals surface area contributed by atoms with Gasteiger partial charge in [-0.25, -0.2) is 4.98 Å². The van der Waals surface area contributed by atoms with Gasteiger partial charge in [-0.15, -0.1) is 0 Å². The number of hydrogen-bond donors (Lipinski definition) is 0. The number of aromatic nitrogens is 2. The van der Waals surface area contributed by atoms with Crippen molar-refractivity contribution < 1.29 is 39.5 Å². The zero-order chi connectivity index (χ0) is 9.97. The summed E-state index contributed by atoms with van der Waals surface area (Å²) in [6, 6.07) is 0.0382. The van der Waals surface area contributed by atoms with Crippen LogP contribution in [-0.2, 0) is 4.79 Å². The summed E-state index contributed by atoms with van der Waals surface area (Å²) in [6.45, 7) is 0. The van der Waals surface area contributed by atoms with Gasteiger partial charge in [0.2, 0.25) is 0 Å². The summed E-state index contributed by atoms with van der Waals surface area (Å²) in [5.41, 5.74) is 0. The molecule has 4 nitrogen and oxygen atoms in total. The molecule has 1 aliphatic rings. The van der Waals surface area contributed by atoms with Gasteiger partial charge >= 0.3 is 29.6 Å². The van der Waals surface area contributed by atoms with Crippen LogP contribution in [0.25, 0.3) is 0 Å². The van der Waals surface area contributed by atoms with E-state index in [1.165, 1.54) is 0 Å². The molecule has 0 spiro atoms. The Labute approximate surface area is 111 Å². The molecule has 0 radical (unpaired) electrons. The van der Waals surface area contributed by atoms with E-state index in [0.29, 0.717) is 0 Å². The first-order valence-electron chi connectivity index (χ1n) is 4.97. The average Bonchev–Trinajstić information content (AvgIpc) is 2.70. The van der Waals surface area contributed by atoms with Gasteiger partial charge in [-0.05, 0) is 12.8 Å². The van der Waals surface area contributed by atoms with Crippen LogP contribution in [0.2, 0.25) is 0 Å². The molecule has 0 amide bonds. The van der Waals surface area contributed by atoms with E-state index in [-0.39, 0.29) is 41.5 Å². The Morgan fingerprint density at radius 2 is 2.13 bits per heavy atom. The van der Waals surface area contributed by atoms with Crippen LogP contribution in [0.3, 0.4) is 0 Å². The van der Waals surface area contributed by atoms with E-state index in [0.717, 1.165) is 25.7 Å². The van der Waals surface area contributed by atoms with E-state index < -0.39 is 5.97 Å². The molecule has 0 saturated heterocycles. The molecule has 76 valence electrons. The minimum absolute atomic E-state index is 0. The van der Waals surface area contributed by atoms with Gasteiger partial charge in [-0.3, -0.25) is 0 Å². The van der Waals surface area contributed by atoms with Gasteiger partial charge in [0, 0.05) is 30.3 Å². The maximum absolute atomic E-state index is 10.9. The molecule has 1 saturated carbocycles. The minimum atomic E-state index is -0.927. The zero-order valence-electron chi connectivity index (χ0n) is 8.93. The summed E-state index contributed by atoms with van der Waals surface area (Å²) in [6.07, 6.45) is 8.91. The molecule has 2 atom stereocenters. The third kappa shape index (κ3) is 2.83. The standard InChI is InChI=1S/C10H14N2O2.Na/c13-10(14)8-3-1-2-4-9(8)12-6-5-11-7-12;/h5-9H,1-4H2,(H,13,14);/q;+1/p-1/t8-,9+;/m1./s1. The first-order valence-corrected chi connectivity index (χ1v) is 4.97. The van der Waals surface area contributed by atoms with Crippen molar-refractivity contribution in [3.8, 4) is 0 Å². The third-order valence-corrected chi connectivity index (χ3v) is 2.94. The van der Waals surface area contributed by atoms with Crippen LogP contribution in [0.1, 0.15) is 31.7 Å². The molecule has 1 fully saturated rings. The maximum atomic E-state index is 10.9. The Balaban J connectivity index is 0.00000112. The fraction of sp³-hybridized carbons (Fsp3) is 0.600. The third-order valence-electron chi connectivity index (χ3n) is 2.94. The van der Waals surface area contributed by atoms with Crippen LogP contribution in [0.15, 0.2) is 18.7 Å². The van der Waals surface area contributed by atoms with Crippen molar-refractivity contribution in [2.45, 2.75) is 31.7 Å². The number of carboxylic acid groups (broad SMARTS) is 1.